The van der Waals surface area contributed by atoms with Crippen LogP contribution in [0, 0.1) is 0 Å². The van der Waals surface area contributed by atoms with Gasteiger partial charge in [-0.25, -0.2) is 0 Å². The summed E-state index contributed by atoms with van der Waals surface area (Å²) in [5.41, 5.74) is 6.33. The molecule has 0 saturated carbocycles. The zero-order valence-electron chi connectivity index (χ0n) is 5.48. The summed E-state index contributed by atoms with van der Waals surface area (Å²) in [7, 11) is 0. The Morgan fingerprint density at radius 3 is 2.62 bits per heavy atom. The van der Waals surface area contributed by atoms with Crippen molar-refractivity contribution >= 4 is 0 Å². The summed E-state index contributed by atoms with van der Waals surface area (Å²) in [5, 5.41) is 0. The van der Waals surface area contributed by atoms with E-state index in [1.54, 1.807) is 6.26 Å². The molecule has 48 valence electrons. The molecule has 0 atom stereocenters. The van der Waals surface area contributed by atoms with Crippen molar-refractivity contribution in [2.24, 2.45) is 5.73 Å². The lowest BCUT2D eigenvalue weighted by molar-refractivity contribution is 0.256. The average Bonchev–Trinajstić information content (AvgIpc) is 1.66. The second-order valence-electron chi connectivity index (χ2n) is 1.85. The fraction of sp³-hybridized carbons (Fsp3) is 0.667. The molecule has 0 bridgehead atoms. The van der Waals surface area contributed by atoms with E-state index in [1.165, 1.54) is 5.57 Å². The molecule has 0 spiro atoms. The van der Waals surface area contributed by atoms with E-state index < -0.39 is 0 Å². The first-order chi connectivity index (χ1) is 3.77. The molecule has 0 aliphatic rings. The van der Waals surface area contributed by atoms with E-state index in [2.05, 4.69) is 0 Å². The van der Waals surface area contributed by atoms with Crippen LogP contribution in [0.4, 0.5) is 0 Å². The van der Waals surface area contributed by atoms with E-state index in [-0.39, 0.29) is 0 Å². The lowest BCUT2D eigenvalue weighted by atomic mass is 10.4. The first-order valence-corrected chi connectivity index (χ1v) is 2.72. The van der Waals surface area contributed by atoms with Crippen molar-refractivity contribution in [2.75, 3.05) is 13.2 Å². The van der Waals surface area contributed by atoms with Gasteiger partial charge in [-0.3, -0.25) is 0 Å². The molecule has 0 aliphatic heterocycles. The molecule has 2 heteroatoms. The van der Waals surface area contributed by atoms with Gasteiger partial charge in [-0.1, -0.05) is 0 Å². The highest BCUT2D eigenvalue weighted by molar-refractivity contribution is 4.86. The maximum absolute atomic E-state index is 5.16. The standard InChI is InChI=1S/C6H13NO/c1-6(2)5-8-4-3-7/h5H,3-4,7H2,1-2H3. The highest BCUT2D eigenvalue weighted by atomic mass is 16.5. The molecule has 0 aromatic carbocycles. The molecule has 0 fully saturated rings. The highest BCUT2D eigenvalue weighted by Gasteiger charge is 1.76. The third-order valence-corrected chi connectivity index (χ3v) is 0.555. The van der Waals surface area contributed by atoms with Crippen LogP contribution in [-0.4, -0.2) is 13.2 Å². The number of rotatable bonds is 3. The quantitative estimate of drug-likeness (QED) is 0.438. The van der Waals surface area contributed by atoms with Gasteiger partial charge in [0.25, 0.3) is 0 Å². The van der Waals surface area contributed by atoms with Crippen LogP contribution in [-0.2, 0) is 4.74 Å². The fourth-order valence-electron chi connectivity index (χ4n) is 0.294. The van der Waals surface area contributed by atoms with Crippen LogP contribution in [0.25, 0.3) is 0 Å². The summed E-state index contributed by atoms with van der Waals surface area (Å²) in [4.78, 5) is 0. The number of hydrogen-bond acceptors (Lipinski definition) is 2. The van der Waals surface area contributed by atoms with Gasteiger partial charge >= 0.3 is 0 Å². The summed E-state index contributed by atoms with van der Waals surface area (Å²) in [6, 6.07) is 0. The van der Waals surface area contributed by atoms with Crippen molar-refractivity contribution in [1.82, 2.24) is 0 Å². The predicted octanol–water partition coefficient (Wildman–Crippen LogP) is 0.885. The third-order valence-electron chi connectivity index (χ3n) is 0.555. The maximum Gasteiger partial charge on any atom is 0.0995 e. The van der Waals surface area contributed by atoms with Gasteiger partial charge in [-0.15, -0.1) is 0 Å². The van der Waals surface area contributed by atoms with E-state index >= 15 is 0 Å². The molecule has 0 rings (SSSR count). The molecule has 0 saturated heterocycles. The normalized spacial score (nSPS) is 8.38. The summed E-state index contributed by atoms with van der Waals surface area (Å²) < 4.78 is 4.96. The Morgan fingerprint density at radius 1 is 1.62 bits per heavy atom. The minimum Gasteiger partial charge on any atom is -0.500 e. The van der Waals surface area contributed by atoms with Crippen molar-refractivity contribution in [1.29, 1.82) is 0 Å². The molecule has 0 aliphatic carbocycles. The van der Waals surface area contributed by atoms with E-state index in [1.807, 2.05) is 13.8 Å². The first kappa shape index (κ1) is 7.50. The fourth-order valence-corrected chi connectivity index (χ4v) is 0.294. The Morgan fingerprint density at radius 2 is 2.25 bits per heavy atom. The van der Waals surface area contributed by atoms with Crippen LogP contribution in [0.2, 0.25) is 0 Å². The summed E-state index contributed by atoms with van der Waals surface area (Å²) in [6.45, 7) is 5.17. The van der Waals surface area contributed by atoms with E-state index in [9.17, 15) is 0 Å². The Bertz CT molecular complexity index is 74.6. The molecular formula is C6H13NO. The SMILES string of the molecule is CC(C)=COCCN. The van der Waals surface area contributed by atoms with Gasteiger partial charge in [-0.2, -0.15) is 0 Å². The zero-order chi connectivity index (χ0) is 6.41. The van der Waals surface area contributed by atoms with Crippen LogP contribution in [0.1, 0.15) is 13.8 Å². The molecule has 2 nitrogen and oxygen atoms in total. The predicted molar refractivity (Wildman–Crippen MR) is 34.4 cm³/mol. The average molecular weight is 115 g/mol. The molecule has 0 radical (unpaired) electrons. The number of ether oxygens (including phenoxy) is 1. The summed E-state index contributed by atoms with van der Waals surface area (Å²) >= 11 is 0. The summed E-state index contributed by atoms with van der Waals surface area (Å²) in [5.74, 6) is 0. The lowest BCUT2D eigenvalue weighted by Crippen LogP contribution is -2.05. The van der Waals surface area contributed by atoms with Gasteiger partial charge < -0.3 is 10.5 Å². The highest BCUT2D eigenvalue weighted by Crippen LogP contribution is 1.87. The lowest BCUT2D eigenvalue weighted by Gasteiger charge is -1.95. The topological polar surface area (TPSA) is 35.2 Å². The van der Waals surface area contributed by atoms with Crippen LogP contribution in [0.3, 0.4) is 0 Å². The molecular weight excluding hydrogens is 102 g/mol. The smallest absolute Gasteiger partial charge is 0.0995 e. The molecule has 2 N–H and O–H groups in total. The monoisotopic (exact) mass is 115 g/mol. The van der Waals surface area contributed by atoms with Gasteiger partial charge in [-0.05, 0) is 19.4 Å². The largest absolute Gasteiger partial charge is 0.500 e. The van der Waals surface area contributed by atoms with Gasteiger partial charge in [0.05, 0.1) is 12.9 Å². The summed E-state index contributed by atoms with van der Waals surface area (Å²) in [6.07, 6.45) is 1.72. The van der Waals surface area contributed by atoms with E-state index in [0.29, 0.717) is 13.2 Å². The van der Waals surface area contributed by atoms with Crippen molar-refractivity contribution in [3.8, 4) is 0 Å². The van der Waals surface area contributed by atoms with Crippen LogP contribution in [0.15, 0.2) is 11.8 Å². The minimum atomic E-state index is 0.587. The molecule has 0 aromatic rings. The van der Waals surface area contributed by atoms with Crippen molar-refractivity contribution in [3.05, 3.63) is 11.8 Å². The molecule has 0 aromatic heterocycles. The van der Waals surface area contributed by atoms with Crippen LogP contribution < -0.4 is 5.73 Å². The Labute approximate surface area is 50.3 Å². The maximum atomic E-state index is 5.16. The van der Waals surface area contributed by atoms with Gasteiger partial charge in [0.2, 0.25) is 0 Å². The number of nitrogens with two attached hydrogens (primary N) is 1. The van der Waals surface area contributed by atoms with Crippen LogP contribution in [0.5, 0.6) is 0 Å². The van der Waals surface area contributed by atoms with Gasteiger partial charge in [0.1, 0.15) is 0 Å². The van der Waals surface area contributed by atoms with Gasteiger partial charge in [0, 0.05) is 6.54 Å². The van der Waals surface area contributed by atoms with Gasteiger partial charge in [0.15, 0.2) is 0 Å². The second kappa shape index (κ2) is 4.65. The second-order valence-corrected chi connectivity index (χ2v) is 1.85. The Kier molecular flexibility index (Phi) is 4.36. The van der Waals surface area contributed by atoms with Crippen molar-refractivity contribution in [2.45, 2.75) is 13.8 Å². The first-order valence-electron chi connectivity index (χ1n) is 2.72. The molecule has 0 amide bonds. The third kappa shape index (κ3) is 5.50. The zero-order valence-corrected chi connectivity index (χ0v) is 5.48. The van der Waals surface area contributed by atoms with Crippen molar-refractivity contribution in [3.63, 3.8) is 0 Å². The molecule has 0 unspecified atom stereocenters. The van der Waals surface area contributed by atoms with E-state index in [4.69, 9.17) is 10.5 Å². The van der Waals surface area contributed by atoms with E-state index in [0.717, 1.165) is 0 Å². The van der Waals surface area contributed by atoms with Crippen LogP contribution >= 0.6 is 0 Å². The number of allylic oxidation sites excluding steroid dienone is 1. The molecule has 8 heavy (non-hydrogen) atoms. The molecule has 0 heterocycles. The Balaban J connectivity index is 3.03. The number of hydrogen-bond donors (Lipinski definition) is 1. The minimum absolute atomic E-state index is 0.587. The van der Waals surface area contributed by atoms with Crippen molar-refractivity contribution < 1.29 is 4.74 Å². The Hall–Kier alpha value is -0.500.